The average molecular weight is 474 g/mol. The summed E-state index contributed by atoms with van der Waals surface area (Å²) in [7, 11) is 0. The summed E-state index contributed by atoms with van der Waals surface area (Å²) < 4.78 is 0. The first-order valence-corrected chi connectivity index (χ1v) is 11.8. The Hall–Kier alpha value is -2.71. The van der Waals surface area contributed by atoms with Crippen LogP contribution in [0.4, 0.5) is 0 Å². The van der Waals surface area contributed by atoms with Crippen LogP contribution in [-0.2, 0) is 27.5 Å². The van der Waals surface area contributed by atoms with Gasteiger partial charge >= 0.3 is 0 Å². The van der Waals surface area contributed by atoms with E-state index in [9.17, 15) is 19.2 Å². The number of carbonyl (C=O) groups is 4. The predicted octanol–water partition coefficient (Wildman–Crippen LogP) is 3.28. The van der Waals surface area contributed by atoms with E-state index < -0.39 is 11.9 Å². The molecule has 32 heavy (non-hydrogen) atoms. The Balaban J connectivity index is 1.44. The first-order valence-electron chi connectivity index (χ1n) is 10.6. The Morgan fingerprint density at radius 1 is 1.34 bits per heavy atom. The highest BCUT2D eigenvalue weighted by Crippen LogP contribution is 2.34. The van der Waals surface area contributed by atoms with Gasteiger partial charge in [0.2, 0.25) is 17.7 Å². The van der Waals surface area contributed by atoms with Gasteiger partial charge in [0.25, 0.3) is 5.91 Å². The zero-order valence-corrected chi connectivity index (χ0v) is 19.4. The molecule has 168 valence electrons. The smallest absolute Gasteiger partial charge is 0.256 e. The summed E-state index contributed by atoms with van der Waals surface area (Å²) >= 11 is 7.67. The number of fused-ring (bicyclic) bond motifs is 1. The summed E-state index contributed by atoms with van der Waals surface area (Å²) in [6.07, 6.45) is 1.18. The lowest BCUT2D eigenvalue weighted by Crippen LogP contribution is -2.52. The molecule has 0 spiro atoms. The van der Waals surface area contributed by atoms with Crippen molar-refractivity contribution in [3.05, 3.63) is 55.7 Å². The predicted molar refractivity (Wildman–Crippen MR) is 121 cm³/mol. The van der Waals surface area contributed by atoms with Crippen LogP contribution in [0.2, 0.25) is 5.02 Å². The lowest BCUT2D eigenvalue weighted by molar-refractivity contribution is -0.137. The molecule has 4 amide bonds. The van der Waals surface area contributed by atoms with Crippen molar-refractivity contribution in [3.63, 3.8) is 0 Å². The van der Waals surface area contributed by atoms with E-state index in [0.29, 0.717) is 36.5 Å². The third kappa shape index (κ3) is 4.17. The molecule has 2 N–H and O–H groups in total. The molecule has 3 heterocycles. The van der Waals surface area contributed by atoms with Crippen molar-refractivity contribution in [1.29, 1.82) is 0 Å². The van der Waals surface area contributed by atoms with Gasteiger partial charge in [-0.05, 0) is 42.5 Å². The van der Waals surface area contributed by atoms with Gasteiger partial charge in [0, 0.05) is 28.2 Å². The molecule has 1 fully saturated rings. The third-order valence-corrected chi connectivity index (χ3v) is 7.57. The maximum absolute atomic E-state index is 12.9. The Morgan fingerprint density at radius 2 is 2.12 bits per heavy atom. The molecule has 1 aromatic heterocycles. The fraction of sp³-hybridized carbons (Fsp3) is 0.391. The molecule has 0 saturated carbocycles. The largest absolute Gasteiger partial charge is 0.351 e. The minimum Gasteiger partial charge on any atom is -0.351 e. The lowest BCUT2D eigenvalue weighted by Gasteiger charge is -2.29. The van der Waals surface area contributed by atoms with E-state index in [0.717, 1.165) is 21.6 Å². The van der Waals surface area contributed by atoms with Crippen LogP contribution in [0.1, 0.15) is 64.0 Å². The summed E-state index contributed by atoms with van der Waals surface area (Å²) in [6, 6.07) is 5.03. The van der Waals surface area contributed by atoms with Crippen molar-refractivity contribution in [3.8, 4) is 0 Å². The van der Waals surface area contributed by atoms with E-state index in [2.05, 4.69) is 10.6 Å². The van der Waals surface area contributed by atoms with Gasteiger partial charge in [-0.25, -0.2) is 0 Å². The first kappa shape index (κ1) is 22.5. The molecule has 2 unspecified atom stereocenters. The fourth-order valence-corrected chi connectivity index (χ4v) is 5.41. The van der Waals surface area contributed by atoms with E-state index >= 15 is 0 Å². The Bertz CT molecular complexity index is 1110. The zero-order chi connectivity index (χ0) is 23.0. The van der Waals surface area contributed by atoms with Gasteiger partial charge in [-0.3, -0.25) is 24.5 Å². The number of nitrogens with one attached hydrogen (secondary N) is 2. The number of carbonyl (C=O) groups excluding carboxylic acids is 4. The molecule has 1 saturated heterocycles. The number of hydrogen-bond donors (Lipinski definition) is 2. The normalized spacial score (nSPS) is 19.0. The molecule has 2 aliphatic rings. The summed E-state index contributed by atoms with van der Waals surface area (Å²) in [5.41, 5.74) is 3.25. The highest BCUT2D eigenvalue weighted by molar-refractivity contribution is 7.10. The maximum atomic E-state index is 12.9. The van der Waals surface area contributed by atoms with Crippen molar-refractivity contribution in [2.24, 2.45) is 0 Å². The van der Waals surface area contributed by atoms with Crippen molar-refractivity contribution in [2.75, 3.05) is 0 Å². The number of amides is 4. The molecular weight excluding hydrogens is 450 g/mol. The monoisotopic (exact) mass is 473 g/mol. The van der Waals surface area contributed by atoms with Gasteiger partial charge in [-0.2, -0.15) is 0 Å². The van der Waals surface area contributed by atoms with Crippen molar-refractivity contribution in [2.45, 2.75) is 58.2 Å². The fourth-order valence-electron chi connectivity index (χ4n) is 4.24. The average Bonchev–Trinajstić information content (AvgIpc) is 3.30. The van der Waals surface area contributed by atoms with Crippen LogP contribution in [0.15, 0.2) is 23.6 Å². The van der Waals surface area contributed by atoms with Crippen molar-refractivity contribution < 1.29 is 19.2 Å². The molecule has 0 radical (unpaired) electrons. The third-order valence-electron chi connectivity index (χ3n) is 6.13. The van der Waals surface area contributed by atoms with Gasteiger partial charge in [0.1, 0.15) is 6.04 Å². The Morgan fingerprint density at radius 3 is 2.81 bits per heavy atom. The number of imide groups is 1. The summed E-state index contributed by atoms with van der Waals surface area (Å²) in [5.74, 6) is -1.36. The van der Waals surface area contributed by atoms with E-state index in [4.69, 9.17) is 11.6 Å². The van der Waals surface area contributed by atoms with E-state index in [1.54, 1.807) is 5.38 Å². The molecular formula is C23H24ClN3O4S. The van der Waals surface area contributed by atoms with Crippen LogP contribution >= 0.6 is 22.9 Å². The van der Waals surface area contributed by atoms with E-state index in [1.165, 1.54) is 16.2 Å². The molecule has 2 aliphatic heterocycles. The number of halogens is 1. The number of aryl methyl sites for hydroxylation is 1. The van der Waals surface area contributed by atoms with Crippen LogP contribution in [0.25, 0.3) is 0 Å². The summed E-state index contributed by atoms with van der Waals surface area (Å²) in [4.78, 5) is 51.8. The van der Waals surface area contributed by atoms with Gasteiger partial charge in [-0.1, -0.05) is 30.7 Å². The van der Waals surface area contributed by atoms with Crippen LogP contribution in [0, 0.1) is 6.92 Å². The quantitative estimate of drug-likeness (QED) is 0.629. The van der Waals surface area contributed by atoms with Crippen molar-refractivity contribution >= 4 is 46.6 Å². The minimum absolute atomic E-state index is 0.0964. The second-order valence-electron chi connectivity index (χ2n) is 8.14. The van der Waals surface area contributed by atoms with Crippen LogP contribution < -0.4 is 10.6 Å². The Kier molecular flexibility index (Phi) is 6.35. The second kappa shape index (κ2) is 9.03. The number of piperidine rings is 1. The van der Waals surface area contributed by atoms with Crippen LogP contribution in [-0.4, -0.2) is 34.6 Å². The summed E-state index contributed by atoms with van der Waals surface area (Å²) in [5, 5.41) is 7.72. The molecule has 1 aromatic carbocycles. The van der Waals surface area contributed by atoms with Gasteiger partial charge in [0.05, 0.1) is 18.0 Å². The van der Waals surface area contributed by atoms with E-state index in [1.807, 2.05) is 32.0 Å². The highest BCUT2D eigenvalue weighted by atomic mass is 35.5. The van der Waals surface area contributed by atoms with Crippen molar-refractivity contribution in [1.82, 2.24) is 15.5 Å². The standard InChI is InChI=1S/C23H24ClN3O4S/c1-3-14(13-5-4-12(2)17(24)8-13)21(29)25-9-19-15-10-27(23(31)16(15)11-32-19)18-6-7-20(28)26-22(18)30/h4-5,8,11,14,18H,3,6-7,9-10H2,1-2H3,(H,25,29)(H,26,28,30). The molecule has 7 nitrogen and oxygen atoms in total. The van der Waals surface area contributed by atoms with Gasteiger partial charge < -0.3 is 10.2 Å². The molecule has 2 atom stereocenters. The molecule has 0 bridgehead atoms. The molecule has 9 heteroatoms. The number of rotatable bonds is 6. The number of nitrogens with zero attached hydrogens (tertiary/aromatic N) is 1. The lowest BCUT2D eigenvalue weighted by atomic mass is 9.94. The SMILES string of the molecule is CCC(C(=O)NCc1scc2c1CN(C1CCC(=O)NC1=O)C2=O)c1ccc(C)c(Cl)c1. The minimum atomic E-state index is -0.643. The zero-order valence-electron chi connectivity index (χ0n) is 17.9. The number of thiophene rings is 1. The number of hydrogen-bond acceptors (Lipinski definition) is 5. The summed E-state index contributed by atoms with van der Waals surface area (Å²) in [6.45, 7) is 4.49. The van der Waals surface area contributed by atoms with Gasteiger partial charge in [0.15, 0.2) is 0 Å². The Labute approximate surface area is 195 Å². The maximum Gasteiger partial charge on any atom is 0.256 e. The molecule has 0 aliphatic carbocycles. The highest BCUT2D eigenvalue weighted by Gasteiger charge is 2.40. The van der Waals surface area contributed by atoms with Gasteiger partial charge in [-0.15, -0.1) is 11.3 Å². The molecule has 4 rings (SSSR count). The molecule has 2 aromatic rings. The first-order chi connectivity index (χ1) is 15.3. The van der Waals surface area contributed by atoms with Crippen LogP contribution in [0.5, 0.6) is 0 Å². The number of benzene rings is 1. The second-order valence-corrected chi connectivity index (χ2v) is 9.51. The van der Waals surface area contributed by atoms with Crippen LogP contribution in [0.3, 0.4) is 0 Å². The van der Waals surface area contributed by atoms with E-state index in [-0.39, 0.29) is 30.1 Å². The topological polar surface area (TPSA) is 95.6 Å².